The number of ether oxygens (including phenoxy) is 1. The third-order valence-corrected chi connectivity index (χ3v) is 5.58. The Bertz CT molecular complexity index is 801. The average molecular weight is 435 g/mol. The SMILES string of the molecule is Cc1cc(Br)ccc1NC(=O)[C@@H]1CSCN1C(=O)OCc1ccccc1. The number of amides is 2. The van der Waals surface area contributed by atoms with Crippen LogP contribution in [0.3, 0.4) is 0 Å². The summed E-state index contributed by atoms with van der Waals surface area (Å²) in [5.74, 6) is 0.810. The van der Waals surface area contributed by atoms with Crippen molar-refractivity contribution >= 4 is 45.4 Å². The number of carbonyl (C=O) groups excluding carboxylic acids is 2. The zero-order valence-corrected chi connectivity index (χ0v) is 16.7. The van der Waals surface area contributed by atoms with Crippen LogP contribution in [0.15, 0.2) is 53.0 Å². The first-order valence-electron chi connectivity index (χ1n) is 8.16. The fourth-order valence-corrected chi connectivity index (χ4v) is 4.24. The van der Waals surface area contributed by atoms with Crippen molar-refractivity contribution in [3.8, 4) is 0 Å². The van der Waals surface area contributed by atoms with Crippen molar-refractivity contribution in [2.45, 2.75) is 19.6 Å². The van der Waals surface area contributed by atoms with E-state index in [1.54, 1.807) is 11.8 Å². The van der Waals surface area contributed by atoms with E-state index in [1.165, 1.54) is 4.90 Å². The molecule has 0 spiro atoms. The number of anilines is 1. The molecule has 7 heteroatoms. The standard InChI is InChI=1S/C19H19BrN2O3S/c1-13-9-15(20)7-8-16(13)21-18(23)17-11-26-12-22(17)19(24)25-10-14-5-3-2-4-6-14/h2-9,17H,10-12H2,1H3,(H,21,23)/t17-/m0/s1. The second-order valence-corrected chi connectivity index (χ2v) is 7.89. The van der Waals surface area contributed by atoms with Gasteiger partial charge in [-0.1, -0.05) is 46.3 Å². The van der Waals surface area contributed by atoms with Gasteiger partial charge in [0.05, 0.1) is 5.88 Å². The van der Waals surface area contributed by atoms with E-state index >= 15 is 0 Å². The minimum absolute atomic E-state index is 0.195. The summed E-state index contributed by atoms with van der Waals surface area (Å²) >= 11 is 4.95. The Morgan fingerprint density at radius 2 is 2.04 bits per heavy atom. The third kappa shape index (κ3) is 4.59. The third-order valence-electron chi connectivity index (χ3n) is 4.07. The summed E-state index contributed by atoms with van der Waals surface area (Å²) in [6, 6.07) is 14.6. The first-order chi connectivity index (χ1) is 12.5. The Morgan fingerprint density at radius 1 is 1.27 bits per heavy atom. The molecule has 1 aliphatic heterocycles. The van der Waals surface area contributed by atoms with Crippen LogP contribution in [0.2, 0.25) is 0 Å². The van der Waals surface area contributed by atoms with Crippen molar-refractivity contribution in [2.24, 2.45) is 0 Å². The van der Waals surface area contributed by atoms with Crippen molar-refractivity contribution < 1.29 is 14.3 Å². The van der Waals surface area contributed by atoms with Gasteiger partial charge in [0.25, 0.3) is 0 Å². The van der Waals surface area contributed by atoms with Crippen LogP contribution in [0, 0.1) is 6.92 Å². The van der Waals surface area contributed by atoms with Gasteiger partial charge in [-0.2, -0.15) is 0 Å². The molecule has 1 aliphatic rings. The van der Waals surface area contributed by atoms with Gasteiger partial charge in [-0.25, -0.2) is 4.79 Å². The topological polar surface area (TPSA) is 58.6 Å². The van der Waals surface area contributed by atoms with E-state index in [0.717, 1.165) is 21.3 Å². The molecule has 0 saturated carbocycles. The monoisotopic (exact) mass is 434 g/mol. The van der Waals surface area contributed by atoms with E-state index in [-0.39, 0.29) is 12.5 Å². The highest BCUT2D eigenvalue weighted by Crippen LogP contribution is 2.25. The van der Waals surface area contributed by atoms with Gasteiger partial charge in [0.1, 0.15) is 12.6 Å². The van der Waals surface area contributed by atoms with E-state index in [9.17, 15) is 9.59 Å². The van der Waals surface area contributed by atoms with Gasteiger partial charge in [0, 0.05) is 15.9 Å². The lowest BCUT2D eigenvalue weighted by Crippen LogP contribution is -2.44. The van der Waals surface area contributed by atoms with Gasteiger partial charge in [0.15, 0.2) is 0 Å². The molecule has 0 radical (unpaired) electrons. The predicted octanol–water partition coefficient (Wildman–Crippen LogP) is 4.41. The van der Waals surface area contributed by atoms with Gasteiger partial charge >= 0.3 is 6.09 Å². The highest BCUT2D eigenvalue weighted by Gasteiger charge is 2.35. The summed E-state index contributed by atoms with van der Waals surface area (Å²) in [5, 5.41) is 2.92. The van der Waals surface area contributed by atoms with E-state index < -0.39 is 12.1 Å². The lowest BCUT2D eigenvalue weighted by atomic mass is 10.2. The Balaban J connectivity index is 1.61. The van der Waals surface area contributed by atoms with Gasteiger partial charge < -0.3 is 10.1 Å². The number of benzene rings is 2. The Hall–Kier alpha value is -1.99. The van der Waals surface area contributed by atoms with Crippen molar-refractivity contribution in [2.75, 3.05) is 16.9 Å². The Morgan fingerprint density at radius 3 is 2.77 bits per heavy atom. The summed E-state index contributed by atoms with van der Waals surface area (Å²) in [6.07, 6.45) is -0.466. The first-order valence-corrected chi connectivity index (χ1v) is 10.1. The number of hydrogen-bond acceptors (Lipinski definition) is 4. The maximum Gasteiger partial charge on any atom is 0.411 e. The normalized spacial score (nSPS) is 16.4. The highest BCUT2D eigenvalue weighted by molar-refractivity contribution is 9.10. The minimum atomic E-state index is -0.536. The molecule has 0 aliphatic carbocycles. The molecule has 1 atom stereocenters. The van der Waals surface area contributed by atoms with Gasteiger partial charge in [-0.3, -0.25) is 9.69 Å². The van der Waals surface area contributed by atoms with Crippen molar-refractivity contribution in [3.63, 3.8) is 0 Å². The molecule has 1 fully saturated rings. The minimum Gasteiger partial charge on any atom is -0.445 e. The van der Waals surface area contributed by atoms with E-state index in [1.807, 2.05) is 55.5 Å². The summed E-state index contributed by atoms with van der Waals surface area (Å²) in [7, 11) is 0. The molecule has 136 valence electrons. The van der Waals surface area contributed by atoms with Crippen molar-refractivity contribution in [1.82, 2.24) is 4.90 Å². The van der Waals surface area contributed by atoms with Gasteiger partial charge in [-0.15, -0.1) is 11.8 Å². The van der Waals surface area contributed by atoms with Crippen LogP contribution in [0.5, 0.6) is 0 Å². The second-order valence-electron chi connectivity index (χ2n) is 5.97. The molecule has 26 heavy (non-hydrogen) atoms. The lowest BCUT2D eigenvalue weighted by Gasteiger charge is -2.23. The fourth-order valence-electron chi connectivity index (χ4n) is 2.63. The van der Waals surface area contributed by atoms with Gasteiger partial charge in [0.2, 0.25) is 5.91 Å². The largest absolute Gasteiger partial charge is 0.445 e. The number of halogens is 1. The number of rotatable bonds is 4. The summed E-state index contributed by atoms with van der Waals surface area (Å²) in [6.45, 7) is 2.12. The maximum absolute atomic E-state index is 12.7. The molecule has 5 nitrogen and oxygen atoms in total. The molecule has 1 saturated heterocycles. The van der Waals surface area contributed by atoms with Crippen LogP contribution < -0.4 is 5.32 Å². The number of aryl methyl sites for hydroxylation is 1. The fraction of sp³-hybridized carbons (Fsp3) is 0.263. The van der Waals surface area contributed by atoms with Crippen LogP contribution in [-0.2, 0) is 16.1 Å². The second kappa shape index (κ2) is 8.60. The Labute approximate surface area is 165 Å². The molecule has 2 aromatic rings. The number of carbonyl (C=O) groups is 2. The molecule has 0 unspecified atom stereocenters. The van der Waals surface area contributed by atoms with Gasteiger partial charge in [-0.05, 0) is 36.2 Å². The zero-order chi connectivity index (χ0) is 18.5. The highest BCUT2D eigenvalue weighted by atomic mass is 79.9. The van der Waals surface area contributed by atoms with E-state index in [2.05, 4.69) is 21.2 Å². The average Bonchev–Trinajstić information content (AvgIpc) is 3.13. The van der Waals surface area contributed by atoms with Crippen LogP contribution in [0.4, 0.5) is 10.5 Å². The molecular formula is C19H19BrN2O3S. The number of thioether (sulfide) groups is 1. The predicted molar refractivity (Wildman–Crippen MR) is 107 cm³/mol. The maximum atomic E-state index is 12.7. The smallest absolute Gasteiger partial charge is 0.411 e. The summed E-state index contributed by atoms with van der Waals surface area (Å²) in [4.78, 5) is 26.5. The zero-order valence-electron chi connectivity index (χ0n) is 14.3. The Kier molecular flexibility index (Phi) is 6.21. The molecule has 1 heterocycles. The van der Waals surface area contributed by atoms with E-state index in [0.29, 0.717) is 11.6 Å². The number of nitrogens with one attached hydrogen (secondary N) is 1. The molecule has 3 rings (SSSR count). The summed E-state index contributed by atoms with van der Waals surface area (Å²) < 4.78 is 6.32. The molecular weight excluding hydrogens is 416 g/mol. The number of nitrogens with zero attached hydrogens (tertiary/aromatic N) is 1. The van der Waals surface area contributed by atoms with Crippen molar-refractivity contribution in [3.05, 3.63) is 64.1 Å². The molecule has 1 N–H and O–H groups in total. The molecule has 2 aromatic carbocycles. The molecule has 0 bridgehead atoms. The van der Waals surface area contributed by atoms with Crippen LogP contribution >= 0.6 is 27.7 Å². The molecule has 0 aromatic heterocycles. The van der Waals surface area contributed by atoms with Crippen LogP contribution in [0.25, 0.3) is 0 Å². The van der Waals surface area contributed by atoms with Crippen molar-refractivity contribution in [1.29, 1.82) is 0 Å². The number of hydrogen-bond donors (Lipinski definition) is 1. The first kappa shape index (κ1) is 18.8. The van der Waals surface area contributed by atoms with Crippen LogP contribution in [0.1, 0.15) is 11.1 Å². The van der Waals surface area contributed by atoms with E-state index in [4.69, 9.17) is 4.74 Å². The lowest BCUT2D eigenvalue weighted by molar-refractivity contribution is -0.119. The quantitative estimate of drug-likeness (QED) is 0.773. The molecule has 2 amide bonds. The van der Waals surface area contributed by atoms with Crippen LogP contribution in [-0.4, -0.2) is 34.6 Å². The summed E-state index contributed by atoms with van der Waals surface area (Å²) in [5.41, 5.74) is 2.61.